The smallest absolute Gasteiger partial charge is 0.191 e. The second-order valence-corrected chi connectivity index (χ2v) is 7.28. The van der Waals surface area contributed by atoms with E-state index >= 15 is 0 Å². The number of guanidine groups is 1. The van der Waals surface area contributed by atoms with Crippen LogP contribution >= 0.6 is 11.3 Å². The van der Waals surface area contributed by atoms with Gasteiger partial charge < -0.3 is 15.4 Å². The topological polar surface area (TPSA) is 58.5 Å². The molecule has 5 nitrogen and oxygen atoms in total. The number of thiazole rings is 1. The Morgan fingerprint density at radius 2 is 2.14 bits per heavy atom. The van der Waals surface area contributed by atoms with E-state index in [4.69, 9.17) is 4.74 Å². The average molecular weight is 310 g/mol. The summed E-state index contributed by atoms with van der Waals surface area (Å²) in [5.41, 5.74) is 1.26. The van der Waals surface area contributed by atoms with Crippen LogP contribution in [0, 0.1) is 0 Å². The van der Waals surface area contributed by atoms with Crippen molar-refractivity contribution in [2.24, 2.45) is 4.99 Å². The van der Waals surface area contributed by atoms with E-state index in [0.29, 0.717) is 12.6 Å². The summed E-state index contributed by atoms with van der Waals surface area (Å²) in [7, 11) is 1.80. The van der Waals surface area contributed by atoms with Crippen LogP contribution in [0.5, 0.6) is 0 Å². The number of aliphatic imine (C=N–C) groups is 1. The van der Waals surface area contributed by atoms with E-state index in [1.165, 1.54) is 0 Å². The van der Waals surface area contributed by atoms with Gasteiger partial charge in [-0.3, -0.25) is 4.99 Å². The van der Waals surface area contributed by atoms with Gasteiger partial charge in [0.2, 0.25) is 0 Å². The second-order valence-electron chi connectivity index (χ2n) is 6.33. The first-order chi connectivity index (χ1) is 9.99. The van der Waals surface area contributed by atoms with Gasteiger partial charge in [-0.15, -0.1) is 11.3 Å². The minimum Gasteiger partial charge on any atom is -0.381 e. The van der Waals surface area contributed by atoms with E-state index in [9.17, 15) is 0 Å². The summed E-state index contributed by atoms with van der Waals surface area (Å²) in [5, 5.41) is 10.0. The maximum atomic E-state index is 5.37. The highest BCUT2D eigenvalue weighted by atomic mass is 32.1. The lowest BCUT2D eigenvalue weighted by atomic mass is 9.93. The summed E-state index contributed by atoms with van der Waals surface area (Å²) in [4.78, 5) is 8.97. The highest BCUT2D eigenvalue weighted by molar-refractivity contribution is 7.09. The Bertz CT molecular complexity index is 472. The number of hydrogen-bond donors (Lipinski definition) is 2. The van der Waals surface area contributed by atoms with Crippen LogP contribution in [-0.4, -0.2) is 37.2 Å². The largest absolute Gasteiger partial charge is 0.381 e. The van der Waals surface area contributed by atoms with Crippen molar-refractivity contribution in [1.82, 2.24) is 15.6 Å². The lowest BCUT2D eigenvalue weighted by Gasteiger charge is -2.24. The molecule has 0 atom stereocenters. The van der Waals surface area contributed by atoms with Crippen molar-refractivity contribution in [3.63, 3.8) is 0 Å². The van der Waals surface area contributed by atoms with Gasteiger partial charge in [0.1, 0.15) is 5.01 Å². The quantitative estimate of drug-likeness (QED) is 0.664. The summed E-state index contributed by atoms with van der Waals surface area (Å²) < 4.78 is 5.37. The van der Waals surface area contributed by atoms with Crippen LogP contribution in [0.15, 0.2) is 10.4 Å². The van der Waals surface area contributed by atoms with Gasteiger partial charge in [-0.05, 0) is 12.8 Å². The zero-order valence-electron chi connectivity index (χ0n) is 13.4. The minimum atomic E-state index is 0.108. The monoisotopic (exact) mass is 310 g/mol. The highest BCUT2D eigenvalue weighted by Crippen LogP contribution is 2.23. The average Bonchev–Trinajstić information content (AvgIpc) is 2.93. The molecule has 1 fully saturated rings. The molecule has 118 valence electrons. The van der Waals surface area contributed by atoms with Crippen molar-refractivity contribution in [2.75, 3.05) is 20.3 Å². The number of nitrogens with one attached hydrogen (secondary N) is 2. The minimum absolute atomic E-state index is 0.108. The molecule has 1 aromatic rings. The summed E-state index contributed by atoms with van der Waals surface area (Å²) in [6, 6.07) is 0.450. The lowest BCUT2D eigenvalue weighted by molar-refractivity contribution is 0.0822. The Hall–Kier alpha value is -1.14. The fraction of sp³-hybridized carbons (Fsp3) is 0.733. The predicted molar refractivity (Wildman–Crippen MR) is 88.0 cm³/mol. The van der Waals surface area contributed by atoms with Crippen LogP contribution in [-0.2, 0) is 16.7 Å². The fourth-order valence-corrected chi connectivity index (χ4v) is 3.09. The van der Waals surface area contributed by atoms with Crippen molar-refractivity contribution in [2.45, 2.75) is 51.6 Å². The van der Waals surface area contributed by atoms with Crippen LogP contribution in [0.4, 0.5) is 0 Å². The first kappa shape index (κ1) is 16.2. The summed E-state index contributed by atoms with van der Waals surface area (Å²) in [6.07, 6.45) is 2.07. The van der Waals surface area contributed by atoms with Gasteiger partial charge in [0.25, 0.3) is 0 Å². The van der Waals surface area contributed by atoms with E-state index in [2.05, 4.69) is 46.8 Å². The summed E-state index contributed by atoms with van der Waals surface area (Å²) in [6.45, 7) is 8.93. The predicted octanol–water partition coefficient (Wildman–Crippen LogP) is 2.28. The third kappa shape index (κ3) is 4.97. The lowest BCUT2D eigenvalue weighted by Crippen LogP contribution is -2.45. The molecule has 21 heavy (non-hydrogen) atoms. The summed E-state index contributed by atoms with van der Waals surface area (Å²) in [5.74, 6) is 0.842. The Balaban J connectivity index is 1.84. The first-order valence-electron chi connectivity index (χ1n) is 7.49. The van der Waals surface area contributed by atoms with Crippen LogP contribution in [0.1, 0.15) is 44.3 Å². The molecule has 2 rings (SSSR count). The Morgan fingerprint density at radius 1 is 1.43 bits per heavy atom. The number of nitrogens with zero attached hydrogens (tertiary/aromatic N) is 2. The van der Waals surface area contributed by atoms with Crippen LogP contribution < -0.4 is 10.6 Å². The van der Waals surface area contributed by atoms with E-state index < -0.39 is 0 Å². The molecule has 2 heterocycles. The van der Waals surface area contributed by atoms with Gasteiger partial charge >= 0.3 is 0 Å². The zero-order chi connectivity index (χ0) is 15.3. The standard InChI is InChI=1S/C15H26N4OS/c1-15(2,3)12-10-21-13(19-12)9-17-14(16-4)18-11-5-7-20-8-6-11/h10-11H,5-9H2,1-4H3,(H2,16,17,18). The van der Waals surface area contributed by atoms with Gasteiger partial charge in [-0.25, -0.2) is 4.98 Å². The molecular formula is C15H26N4OS. The van der Waals surface area contributed by atoms with Gasteiger partial charge in [0, 0.05) is 37.1 Å². The molecular weight excluding hydrogens is 284 g/mol. The Kier molecular flexibility index (Phi) is 5.58. The fourth-order valence-electron chi connectivity index (χ4n) is 2.13. The molecule has 0 bridgehead atoms. The van der Waals surface area contributed by atoms with Gasteiger partial charge in [0.05, 0.1) is 12.2 Å². The van der Waals surface area contributed by atoms with Gasteiger partial charge in [-0.1, -0.05) is 20.8 Å². The number of hydrogen-bond acceptors (Lipinski definition) is 4. The Labute approximate surface area is 131 Å². The molecule has 0 spiro atoms. The Morgan fingerprint density at radius 3 is 2.71 bits per heavy atom. The molecule has 0 aromatic carbocycles. The third-order valence-corrected chi connectivity index (χ3v) is 4.36. The SMILES string of the molecule is CN=C(NCc1nc(C(C)(C)C)cs1)NC1CCOCC1. The van der Waals surface area contributed by atoms with Gasteiger partial charge in [0.15, 0.2) is 5.96 Å². The van der Waals surface area contributed by atoms with Crippen molar-refractivity contribution >= 4 is 17.3 Å². The molecule has 1 aliphatic heterocycles. The maximum absolute atomic E-state index is 5.37. The maximum Gasteiger partial charge on any atom is 0.191 e. The van der Waals surface area contributed by atoms with Crippen molar-refractivity contribution in [3.8, 4) is 0 Å². The van der Waals surface area contributed by atoms with Crippen LogP contribution in [0.25, 0.3) is 0 Å². The van der Waals surface area contributed by atoms with Crippen molar-refractivity contribution in [1.29, 1.82) is 0 Å². The molecule has 1 aromatic heterocycles. The second kappa shape index (κ2) is 7.22. The van der Waals surface area contributed by atoms with Crippen molar-refractivity contribution in [3.05, 3.63) is 16.1 Å². The summed E-state index contributed by atoms with van der Waals surface area (Å²) >= 11 is 1.70. The molecule has 0 unspecified atom stereocenters. The normalized spacial score (nSPS) is 17.8. The third-order valence-electron chi connectivity index (χ3n) is 3.51. The molecule has 1 saturated heterocycles. The first-order valence-corrected chi connectivity index (χ1v) is 8.37. The molecule has 2 N–H and O–H groups in total. The van der Waals surface area contributed by atoms with Crippen LogP contribution in [0.3, 0.4) is 0 Å². The zero-order valence-corrected chi connectivity index (χ0v) is 14.2. The van der Waals surface area contributed by atoms with E-state index in [1.54, 1.807) is 18.4 Å². The van der Waals surface area contributed by atoms with Gasteiger partial charge in [-0.2, -0.15) is 0 Å². The highest BCUT2D eigenvalue weighted by Gasteiger charge is 2.18. The molecule has 1 aliphatic rings. The molecule has 0 amide bonds. The number of aromatic nitrogens is 1. The molecule has 0 radical (unpaired) electrons. The van der Waals surface area contributed by atoms with Crippen molar-refractivity contribution < 1.29 is 4.74 Å². The number of rotatable bonds is 3. The molecule has 0 aliphatic carbocycles. The molecule has 0 saturated carbocycles. The van der Waals surface area contributed by atoms with E-state index in [0.717, 1.165) is 42.7 Å². The number of ether oxygens (including phenoxy) is 1. The van der Waals surface area contributed by atoms with E-state index in [-0.39, 0.29) is 5.41 Å². The van der Waals surface area contributed by atoms with Crippen LogP contribution in [0.2, 0.25) is 0 Å². The van der Waals surface area contributed by atoms with E-state index in [1.807, 2.05) is 0 Å². The molecule has 6 heteroatoms.